The van der Waals surface area contributed by atoms with E-state index in [4.69, 9.17) is 28.2 Å². The van der Waals surface area contributed by atoms with Crippen molar-refractivity contribution in [1.82, 2.24) is 0 Å². The summed E-state index contributed by atoms with van der Waals surface area (Å²) in [6, 6.07) is 4.28. The predicted molar refractivity (Wildman–Crippen MR) is 69.4 cm³/mol. The summed E-state index contributed by atoms with van der Waals surface area (Å²) in [5.41, 5.74) is 10.8. The number of aliphatic imine (C=N–C) groups is 1. The minimum Gasteiger partial charge on any atom is -0.478 e. The molecule has 1 aromatic carbocycles. The highest BCUT2D eigenvalue weighted by Crippen LogP contribution is 2.18. The summed E-state index contributed by atoms with van der Waals surface area (Å²) in [4.78, 5) is 13.9. The molecule has 0 heterocycles. The molecule has 0 spiro atoms. The van der Waals surface area contributed by atoms with E-state index in [0.717, 1.165) is 0 Å². The summed E-state index contributed by atoms with van der Waals surface area (Å²) in [5, 5.41) is 9.02. The van der Waals surface area contributed by atoms with E-state index in [-0.39, 0.29) is 10.6 Å². The lowest BCUT2D eigenvalue weighted by Gasteiger charge is -1.98. The first-order valence-electron chi connectivity index (χ1n) is 4.08. The van der Waals surface area contributed by atoms with Gasteiger partial charge in [0.25, 0.3) is 0 Å². The van der Waals surface area contributed by atoms with Crippen LogP contribution in [0.3, 0.4) is 0 Å². The summed E-state index contributed by atoms with van der Waals surface area (Å²) in [7, 11) is 1.59. The fourth-order valence-electron chi connectivity index (χ4n) is 0.705. The Balaban J connectivity index is 0.000000385. The molecule has 0 bridgehead atoms. The number of nitrogens with zero attached hydrogens (tertiary/aromatic N) is 1. The standard InChI is InChI=1S/C7H6ClNO2.C2H6N2S/c8-6-3-4(9)1-2-5(6)7(10)11;1-4-2(3)5/h1-3H,9H2,(H,10,11);1H3,(H3,3,4,5). The zero-order valence-electron chi connectivity index (χ0n) is 8.51. The molecule has 0 amide bonds. The highest BCUT2D eigenvalue weighted by Gasteiger charge is 2.06. The van der Waals surface area contributed by atoms with Gasteiger partial charge in [-0.15, -0.1) is 12.6 Å². The van der Waals surface area contributed by atoms with Gasteiger partial charge < -0.3 is 16.6 Å². The van der Waals surface area contributed by atoms with Crippen molar-refractivity contribution in [2.45, 2.75) is 0 Å². The number of benzene rings is 1. The van der Waals surface area contributed by atoms with Crippen molar-refractivity contribution < 1.29 is 9.90 Å². The molecule has 0 saturated carbocycles. The van der Waals surface area contributed by atoms with Crippen LogP contribution in [0.4, 0.5) is 5.69 Å². The number of halogens is 1. The second-order valence-electron chi connectivity index (χ2n) is 2.63. The van der Waals surface area contributed by atoms with Crippen molar-refractivity contribution >= 4 is 41.1 Å². The first-order valence-corrected chi connectivity index (χ1v) is 4.90. The second-order valence-corrected chi connectivity index (χ2v) is 3.49. The Hall–Kier alpha value is -1.40. The Kier molecular flexibility index (Phi) is 6.36. The van der Waals surface area contributed by atoms with Crippen LogP contribution in [0.1, 0.15) is 10.4 Å². The largest absolute Gasteiger partial charge is 0.478 e. The van der Waals surface area contributed by atoms with Gasteiger partial charge in [0, 0.05) is 12.7 Å². The Labute approximate surface area is 104 Å². The first kappa shape index (κ1) is 14.6. The van der Waals surface area contributed by atoms with E-state index >= 15 is 0 Å². The lowest BCUT2D eigenvalue weighted by atomic mass is 10.2. The molecule has 0 aliphatic carbocycles. The Morgan fingerprint density at radius 2 is 2.06 bits per heavy atom. The molecule has 0 radical (unpaired) electrons. The van der Waals surface area contributed by atoms with Crippen LogP contribution < -0.4 is 11.5 Å². The van der Waals surface area contributed by atoms with Crippen LogP contribution in [0.25, 0.3) is 0 Å². The number of nitrogens with two attached hydrogens (primary N) is 2. The van der Waals surface area contributed by atoms with E-state index in [0.29, 0.717) is 10.9 Å². The predicted octanol–water partition coefficient (Wildman–Crippen LogP) is 1.48. The molecule has 5 N–H and O–H groups in total. The van der Waals surface area contributed by atoms with Gasteiger partial charge in [0.2, 0.25) is 0 Å². The fourth-order valence-corrected chi connectivity index (χ4v) is 0.975. The van der Waals surface area contributed by atoms with Crippen molar-refractivity contribution in [3.63, 3.8) is 0 Å². The van der Waals surface area contributed by atoms with Crippen molar-refractivity contribution in [3.8, 4) is 0 Å². The van der Waals surface area contributed by atoms with Gasteiger partial charge in [-0.2, -0.15) is 0 Å². The smallest absolute Gasteiger partial charge is 0.337 e. The highest BCUT2D eigenvalue weighted by atomic mass is 35.5. The third-order valence-electron chi connectivity index (χ3n) is 1.45. The van der Waals surface area contributed by atoms with E-state index in [1.165, 1.54) is 18.2 Å². The van der Waals surface area contributed by atoms with E-state index < -0.39 is 5.97 Å². The van der Waals surface area contributed by atoms with Crippen LogP contribution in [0.15, 0.2) is 23.2 Å². The number of anilines is 1. The van der Waals surface area contributed by atoms with Crippen molar-refractivity contribution in [2.24, 2.45) is 10.7 Å². The van der Waals surface area contributed by atoms with Gasteiger partial charge in [-0.3, -0.25) is 4.99 Å². The Bertz CT molecular complexity index is 406. The number of carboxylic acid groups (broad SMARTS) is 1. The van der Waals surface area contributed by atoms with Gasteiger partial charge in [0.1, 0.15) is 5.17 Å². The first-order chi connectivity index (χ1) is 7.38. The van der Waals surface area contributed by atoms with Crippen molar-refractivity contribution in [3.05, 3.63) is 28.8 Å². The molecule has 88 valence electrons. The molecule has 0 unspecified atom stereocenters. The molecule has 1 rings (SSSR count). The van der Waals surface area contributed by atoms with Crippen LogP contribution in [0.5, 0.6) is 0 Å². The van der Waals surface area contributed by atoms with E-state index in [9.17, 15) is 4.79 Å². The number of hydrogen-bond acceptors (Lipinski definition) is 3. The fraction of sp³-hybridized carbons (Fsp3) is 0.111. The van der Waals surface area contributed by atoms with Gasteiger partial charge in [-0.25, -0.2) is 4.79 Å². The van der Waals surface area contributed by atoms with Crippen LogP contribution in [0.2, 0.25) is 5.02 Å². The normalized spacial score (nSPS) is 10.3. The quantitative estimate of drug-likeness (QED) is 0.266. The maximum atomic E-state index is 10.4. The number of carboxylic acids is 1. The summed E-state index contributed by atoms with van der Waals surface area (Å²) in [6.45, 7) is 0. The van der Waals surface area contributed by atoms with Gasteiger partial charge in [-0.1, -0.05) is 11.6 Å². The van der Waals surface area contributed by atoms with Crippen LogP contribution in [-0.4, -0.2) is 23.3 Å². The third kappa shape index (κ3) is 5.47. The maximum absolute atomic E-state index is 10.4. The number of nitrogen functional groups attached to an aromatic ring is 1. The molecule has 0 fully saturated rings. The summed E-state index contributed by atoms with van der Waals surface area (Å²) >= 11 is 9.19. The zero-order chi connectivity index (χ0) is 12.7. The van der Waals surface area contributed by atoms with Crippen molar-refractivity contribution in [1.29, 1.82) is 0 Å². The minimum atomic E-state index is -1.05. The molecule has 0 aromatic heterocycles. The third-order valence-corrected chi connectivity index (χ3v) is 1.97. The highest BCUT2D eigenvalue weighted by molar-refractivity contribution is 7.96. The molecule has 0 aliphatic heterocycles. The summed E-state index contributed by atoms with van der Waals surface area (Å²) in [6.07, 6.45) is 0. The number of aromatic carboxylic acids is 1. The molecule has 5 nitrogen and oxygen atoms in total. The van der Waals surface area contributed by atoms with E-state index in [1.807, 2.05) is 0 Å². The van der Waals surface area contributed by atoms with Gasteiger partial charge >= 0.3 is 5.97 Å². The molecular formula is C9H12ClN3O2S. The van der Waals surface area contributed by atoms with Crippen LogP contribution in [0, 0.1) is 0 Å². The van der Waals surface area contributed by atoms with Gasteiger partial charge in [-0.05, 0) is 18.2 Å². The minimum absolute atomic E-state index is 0.0702. The summed E-state index contributed by atoms with van der Waals surface area (Å²) < 4.78 is 0. The molecule has 7 heteroatoms. The number of rotatable bonds is 1. The average molecular weight is 262 g/mol. The maximum Gasteiger partial charge on any atom is 0.337 e. The second kappa shape index (κ2) is 6.97. The number of carbonyl (C=O) groups is 1. The molecule has 0 atom stereocenters. The SMILES string of the molecule is CN=C(N)S.Nc1ccc(C(=O)O)c(Cl)c1. The summed E-state index contributed by atoms with van der Waals surface area (Å²) in [5.74, 6) is -1.05. The van der Waals surface area contributed by atoms with E-state index in [1.54, 1.807) is 7.05 Å². The van der Waals surface area contributed by atoms with Crippen LogP contribution >= 0.6 is 24.2 Å². The number of thiol groups is 1. The number of hydrogen-bond donors (Lipinski definition) is 4. The lowest BCUT2D eigenvalue weighted by molar-refractivity contribution is 0.0697. The van der Waals surface area contributed by atoms with Gasteiger partial charge in [0.05, 0.1) is 10.6 Å². The molecule has 16 heavy (non-hydrogen) atoms. The van der Waals surface area contributed by atoms with Crippen LogP contribution in [-0.2, 0) is 0 Å². The molecule has 0 saturated heterocycles. The molecule has 0 aliphatic rings. The average Bonchev–Trinajstić information content (AvgIpc) is 2.17. The molecule has 1 aromatic rings. The monoisotopic (exact) mass is 261 g/mol. The lowest BCUT2D eigenvalue weighted by Crippen LogP contribution is -1.99. The van der Waals surface area contributed by atoms with Gasteiger partial charge in [0.15, 0.2) is 0 Å². The van der Waals surface area contributed by atoms with E-state index in [2.05, 4.69) is 17.6 Å². The Morgan fingerprint density at radius 3 is 2.38 bits per heavy atom. The topological polar surface area (TPSA) is 102 Å². The zero-order valence-corrected chi connectivity index (χ0v) is 10.2. The van der Waals surface area contributed by atoms with Crippen molar-refractivity contribution in [2.75, 3.05) is 12.8 Å². The Morgan fingerprint density at radius 1 is 1.56 bits per heavy atom. The molecular weight excluding hydrogens is 250 g/mol. The number of amidine groups is 1.